The van der Waals surface area contributed by atoms with E-state index in [1.54, 1.807) is 14.2 Å². The first-order valence-corrected chi connectivity index (χ1v) is 11.2. The first-order chi connectivity index (χ1) is 13.8. The monoisotopic (exact) mass is 392 g/mol. The van der Waals surface area contributed by atoms with E-state index >= 15 is 0 Å². The van der Waals surface area contributed by atoms with E-state index in [2.05, 4.69) is 60.0 Å². The first kappa shape index (κ1) is 20.2. The predicted octanol–water partition coefficient (Wildman–Crippen LogP) is 6.11. The van der Waals surface area contributed by atoms with Gasteiger partial charge >= 0.3 is 0 Å². The van der Waals surface area contributed by atoms with E-state index in [4.69, 9.17) is 9.47 Å². The predicted molar refractivity (Wildman–Crippen MR) is 122 cm³/mol. The van der Waals surface area contributed by atoms with Gasteiger partial charge < -0.3 is 9.47 Å². The zero-order valence-corrected chi connectivity index (χ0v) is 17.5. The van der Waals surface area contributed by atoms with Crippen LogP contribution in [0.15, 0.2) is 78.9 Å². The van der Waals surface area contributed by atoms with E-state index in [0.29, 0.717) is 0 Å². The maximum Gasteiger partial charge on any atom is 0.118 e. The van der Waals surface area contributed by atoms with Crippen LogP contribution in [0.2, 0.25) is 0 Å². The van der Waals surface area contributed by atoms with Crippen molar-refractivity contribution in [2.75, 3.05) is 14.2 Å². The number of aryl methyl sites for hydroxylation is 1. The molecule has 0 atom stereocenters. The highest BCUT2D eigenvalue weighted by molar-refractivity contribution is 8.13. The van der Waals surface area contributed by atoms with Crippen LogP contribution < -0.4 is 9.47 Å². The molecule has 0 N–H and O–H groups in total. The zero-order chi connectivity index (χ0) is 19.6. The molecule has 3 aromatic rings. The molecule has 0 radical (unpaired) electrons. The van der Waals surface area contributed by atoms with Gasteiger partial charge in [-0.3, -0.25) is 0 Å². The molecule has 3 aromatic carbocycles. The number of hydrogen-bond acceptors (Lipinski definition) is 2. The quantitative estimate of drug-likeness (QED) is 0.409. The van der Waals surface area contributed by atoms with Crippen LogP contribution in [0.5, 0.6) is 11.5 Å². The summed E-state index contributed by atoms with van der Waals surface area (Å²) < 4.78 is 10.6. The number of rotatable bonds is 9. The third-order valence-corrected chi connectivity index (χ3v) is 6.77. The summed E-state index contributed by atoms with van der Waals surface area (Å²) >= 11 is 0. The third-order valence-electron chi connectivity index (χ3n) is 4.65. The Morgan fingerprint density at radius 1 is 0.643 bits per heavy atom. The molecule has 0 aromatic heterocycles. The van der Waals surface area contributed by atoms with E-state index < -0.39 is 0 Å². The standard InChI is InChI=1S/C25H28O2S/c1-26-24-14-10-22(11-15-24)19-28(18-6-9-21-7-4-3-5-8-21)20-23-12-16-25(27-2)17-13-23/h3-5,7-8,10-18H,6,9,19-20H2,1-2H3. The number of methoxy groups -OCH3 is 2. The lowest BCUT2D eigenvalue weighted by molar-refractivity contribution is 0.414. The van der Waals surface area contributed by atoms with Crippen molar-refractivity contribution in [1.29, 1.82) is 0 Å². The lowest BCUT2D eigenvalue weighted by atomic mass is 10.1. The Labute approximate surface area is 171 Å². The second-order valence-corrected chi connectivity index (χ2v) is 8.70. The molecule has 0 bridgehead atoms. The van der Waals surface area contributed by atoms with Crippen molar-refractivity contribution < 1.29 is 9.47 Å². The highest BCUT2D eigenvalue weighted by Crippen LogP contribution is 2.27. The highest BCUT2D eigenvalue weighted by atomic mass is 32.2. The molecule has 0 aliphatic heterocycles. The average molecular weight is 393 g/mol. The first-order valence-electron chi connectivity index (χ1n) is 9.56. The summed E-state index contributed by atoms with van der Waals surface area (Å²) in [6.07, 6.45) is 2.19. The molecule has 0 spiro atoms. The van der Waals surface area contributed by atoms with Crippen LogP contribution in [0.3, 0.4) is 0 Å². The summed E-state index contributed by atoms with van der Waals surface area (Å²) in [6.45, 7) is 0. The van der Waals surface area contributed by atoms with Crippen molar-refractivity contribution in [2.45, 2.75) is 24.3 Å². The van der Waals surface area contributed by atoms with Gasteiger partial charge in [0.1, 0.15) is 11.5 Å². The molecule has 0 amide bonds. The van der Waals surface area contributed by atoms with Gasteiger partial charge in [-0.1, -0.05) is 60.0 Å². The van der Waals surface area contributed by atoms with Gasteiger partial charge in [-0.15, -0.1) is 0 Å². The minimum absolute atomic E-state index is 0.176. The molecule has 0 heterocycles. The molecule has 3 rings (SSSR count). The second-order valence-electron chi connectivity index (χ2n) is 6.71. The van der Waals surface area contributed by atoms with Crippen LogP contribution in [-0.2, 0) is 17.9 Å². The van der Waals surface area contributed by atoms with Crippen LogP contribution in [0, 0.1) is 0 Å². The van der Waals surface area contributed by atoms with Crippen LogP contribution in [0.25, 0.3) is 0 Å². The van der Waals surface area contributed by atoms with Crippen molar-refractivity contribution in [3.8, 4) is 11.5 Å². The average Bonchev–Trinajstić information content (AvgIpc) is 2.75. The van der Waals surface area contributed by atoms with Gasteiger partial charge in [0.05, 0.1) is 14.2 Å². The fourth-order valence-electron chi connectivity index (χ4n) is 3.08. The van der Waals surface area contributed by atoms with Crippen LogP contribution in [0.1, 0.15) is 23.1 Å². The summed E-state index contributed by atoms with van der Waals surface area (Å²) in [5, 5.41) is 2.52. The number of hydrogen-bond donors (Lipinski definition) is 0. The lowest BCUT2D eigenvalue weighted by Gasteiger charge is -2.12. The Hall–Kier alpha value is -2.52. The fraction of sp³-hybridized carbons (Fsp3) is 0.240. The Morgan fingerprint density at radius 2 is 1.14 bits per heavy atom. The summed E-state index contributed by atoms with van der Waals surface area (Å²) in [6, 6.07) is 27.6. The largest absolute Gasteiger partial charge is 0.497 e. The molecule has 0 unspecified atom stereocenters. The van der Waals surface area contributed by atoms with Crippen molar-refractivity contribution in [3.63, 3.8) is 0 Å². The van der Waals surface area contributed by atoms with Crippen LogP contribution in [0.4, 0.5) is 0 Å². The second kappa shape index (κ2) is 10.7. The van der Waals surface area contributed by atoms with Crippen molar-refractivity contribution in [3.05, 3.63) is 95.6 Å². The summed E-state index contributed by atoms with van der Waals surface area (Å²) in [7, 11) is 3.59. The van der Waals surface area contributed by atoms with Crippen molar-refractivity contribution in [2.24, 2.45) is 0 Å². The minimum Gasteiger partial charge on any atom is -0.497 e. The van der Waals surface area contributed by atoms with Gasteiger partial charge in [0, 0.05) is 11.5 Å². The Bertz CT molecular complexity index is 817. The van der Waals surface area contributed by atoms with E-state index in [-0.39, 0.29) is 10.5 Å². The minimum atomic E-state index is 0.176. The van der Waals surface area contributed by atoms with Crippen LogP contribution >= 0.6 is 10.5 Å². The maximum atomic E-state index is 5.29. The van der Waals surface area contributed by atoms with Gasteiger partial charge in [0.15, 0.2) is 0 Å². The van der Waals surface area contributed by atoms with Crippen molar-refractivity contribution >= 4 is 15.9 Å². The third kappa shape index (κ3) is 6.28. The van der Waals surface area contributed by atoms with Gasteiger partial charge in [-0.25, -0.2) is 0 Å². The molecular weight excluding hydrogens is 364 g/mol. The summed E-state index contributed by atoms with van der Waals surface area (Å²) in [4.78, 5) is 0. The molecule has 0 aliphatic carbocycles. The topological polar surface area (TPSA) is 18.5 Å². The highest BCUT2D eigenvalue weighted by Gasteiger charge is 2.03. The van der Waals surface area contributed by atoms with Gasteiger partial charge in [0.25, 0.3) is 0 Å². The van der Waals surface area contributed by atoms with E-state index in [1.807, 2.05) is 24.3 Å². The molecule has 3 heteroatoms. The van der Waals surface area contributed by atoms with Crippen LogP contribution in [-0.4, -0.2) is 19.6 Å². The van der Waals surface area contributed by atoms with E-state index in [1.165, 1.54) is 16.7 Å². The summed E-state index contributed by atoms with van der Waals surface area (Å²) in [5.41, 5.74) is 4.11. The lowest BCUT2D eigenvalue weighted by Crippen LogP contribution is -1.93. The molecule has 0 aliphatic rings. The Morgan fingerprint density at radius 3 is 1.61 bits per heavy atom. The van der Waals surface area contributed by atoms with Crippen molar-refractivity contribution in [1.82, 2.24) is 0 Å². The molecule has 0 saturated carbocycles. The number of benzene rings is 3. The Balaban J connectivity index is 1.72. The van der Waals surface area contributed by atoms with E-state index in [9.17, 15) is 0 Å². The zero-order valence-electron chi connectivity index (χ0n) is 16.6. The van der Waals surface area contributed by atoms with Gasteiger partial charge in [0.2, 0.25) is 0 Å². The van der Waals surface area contributed by atoms with Gasteiger partial charge in [-0.2, -0.15) is 10.5 Å². The normalized spacial score (nSPS) is 10.7. The molecule has 28 heavy (non-hydrogen) atoms. The maximum absolute atomic E-state index is 5.29. The molecular formula is C25H28O2S. The molecule has 146 valence electrons. The number of ether oxygens (including phenoxy) is 2. The van der Waals surface area contributed by atoms with E-state index in [0.717, 1.165) is 35.8 Å². The smallest absolute Gasteiger partial charge is 0.118 e. The summed E-state index contributed by atoms with van der Waals surface area (Å²) in [5.74, 6) is 3.94. The molecule has 0 fully saturated rings. The SMILES string of the molecule is COc1ccc(CS(=CCCc2ccccc2)Cc2ccc(OC)cc2)cc1. The Kier molecular flexibility index (Phi) is 7.74. The molecule has 0 saturated heterocycles. The van der Waals surface area contributed by atoms with Gasteiger partial charge in [-0.05, 0) is 53.8 Å². The molecule has 2 nitrogen and oxygen atoms in total. The fourth-order valence-corrected chi connectivity index (χ4v) is 5.11.